The Kier molecular flexibility index (Phi) is 5.55. The van der Waals surface area contributed by atoms with E-state index in [0.29, 0.717) is 25.2 Å². The topological polar surface area (TPSA) is 92.5 Å². The zero-order chi connectivity index (χ0) is 16.2. The molecular weight excluding hydrogens is 302 g/mol. The molecule has 0 aliphatic carbocycles. The van der Waals surface area contributed by atoms with Crippen molar-refractivity contribution in [2.75, 3.05) is 18.4 Å². The van der Waals surface area contributed by atoms with Crippen molar-refractivity contribution in [1.82, 2.24) is 4.31 Å². The average molecular weight is 325 g/mol. The maximum atomic E-state index is 12.7. The van der Waals surface area contributed by atoms with Gasteiger partial charge in [-0.2, -0.15) is 4.31 Å². The average Bonchev–Trinajstić information content (AvgIpc) is 2.55. The molecular formula is C15H23N3O3S. The van der Waals surface area contributed by atoms with Crippen molar-refractivity contribution in [3.8, 4) is 0 Å². The zero-order valence-electron chi connectivity index (χ0n) is 12.8. The highest BCUT2D eigenvalue weighted by molar-refractivity contribution is 7.89. The Bertz CT molecular complexity index is 613. The first-order chi connectivity index (χ1) is 10.5. The fourth-order valence-electron chi connectivity index (χ4n) is 2.62. The van der Waals surface area contributed by atoms with Gasteiger partial charge in [-0.25, -0.2) is 8.42 Å². The summed E-state index contributed by atoms with van der Waals surface area (Å²) < 4.78 is 27.0. The number of carbonyl (C=O) groups is 1. The van der Waals surface area contributed by atoms with Crippen LogP contribution in [0.5, 0.6) is 0 Å². The van der Waals surface area contributed by atoms with Crippen molar-refractivity contribution in [1.29, 1.82) is 0 Å². The molecule has 22 heavy (non-hydrogen) atoms. The van der Waals surface area contributed by atoms with Crippen LogP contribution >= 0.6 is 0 Å². The fraction of sp³-hybridized carbons (Fsp3) is 0.533. The van der Waals surface area contributed by atoms with Gasteiger partial charge in [-0.1, -0.05) is 13.3 Å². The third kappa shape index (κ3) is 3.66. The van der Waals surface area contributed by atoms with Crippen molar-refractivity contribution in [2.24, 2.45) is 5.73 Å². The van der Waals surface area contributed by atoms with Gasteiger partial charge < -0.3 is 11.1 Å². The van der Waals surface area contributed by atoms with E-state index in [1.807, 2.05) is 0 Å². The molecule has 1 aromatic carbocycles. The maximum absolute atomic E-state index is 12.7. The number of nitrogens with zero attached hydrogens (tertiary/aromatic N) is 1. The lowest BCUT2D eigenvalue weighted by Gasteiger charge is -2.33. The van der Waals surface area contributed by atoms with Crippen molar-refractivity contribution in [2.45, 2.75) is 43.5 Å². The number of nitrogens with one attached hydrogen (secondary N) is 1. The fourth-order valence-corrected chi connectivity index (χ4v) is 4.33. The molecule has 1 saturated heterocycles. The van der Waals surface area contributed by atoms with Crippen LogP contribution in [-0.2, 0) is 14.8 Å². The quantitative estimate of drug-likeness (QED) is 0.859. The van der Waals surface area contributed by atoms with Gasteiger partial charge in [0.1, 0.15) is 0 Å². The maximum Gasteiger partial charge on any atom is 0.243 e. The van der Waals surface area contributed by atoms with Crippen LogP contribution < -0.4 is 11.1 Å². The van der Waals surface area contributed by atoms with E-state index in [2.05, 4.69) is 5.32 Å². The molecule has 1 atom stereocenters. The smallest absolute Gasteiger partial charge is 0.243 e. The number of amides is 1. The first kappa shape index (κ1) is 16.9. The minimum atomic E-state index is -3.53. The Hall–Kier alpha value is -1.44. The highest BCUT2D eigenvalue weighted by Gasteiger charge is 2.32. The Balaban J connectivity index is 2.20. The summed E-state index contributed by atoms with van der Waals surface area (Å²) in [5, 5.41) is 2.70. The molecule has 1 unspecified atom stereocenters. The largest absolute Gasteiger partial charge is 0.329 e. The standard InChI is InChI=1S/C15H23N3O3S/c1-2-15(19)17-12-6-8-14(9-7-12)22(20,21)18-10-4-3-5-13(18)11-16/h6-9,13H,2-5,10-11,16H2,1H3,(H,17,19). The lowest BCUT2D eigenvalue weighted by Crippen LogP contribution is -2.47. The summed E-state index contributed by atoms with van der Waals surface area (Å²) in [4.78, 5) is 11.6. The first-order valence-electron chi connectivity index (χ1n) is 7.61. The number of anilines is 1. The van der Waals surface area contributed by atoms with Gasteiger partial charge in [-0.05, 0) is 37.1 Å². The van der Waals surface area contributed by atoms with E-state index in [1.54, 1.807) is 19.1 Å². The normalized spacial score (nSPS) is 19.8. The molecule has 7 heteroatoms. The molecule has 0 radical (unpaired) electrons. The summed E-state index contributed by atoms with van der Waals surface area (Å²) in [6.07, 6.45) is 3.06. The Morgan fingerprint density at radius 2 is 2.00 bits per heavy atom. The lowest BCUT2D eigenvalue weighted by molar-refractivity contribution is -0.115. The minimum Gasteiger partial charge on any atom is -0.329 e. The van der Waals surface area contributed by atoms with Crippen LogP contribution in [0.25, 0.3) is 0 Å². The van der Waals surface area contributed by atoms with E-state index < -0.39 is 10.0 Å². The molecule has 1 aromatic rings. The molecule has 0 bridgehead atoms. The van der Waals surface area contributed by atoms with Gasteiger partial charge in [0.05, 0.1) is 4.90 Å². The van der Waals surface area contributed by atoms with E-state index in [-0.39, 0.29) is 16.8 Å². The van der Waals surface area contributed by atoms with Crippen molar-refractivity contribution in [3.05, 3.63) is 24.3 Å². The summed E-state index contributed by atoms with van der Waals surface area (Å²) in [6.45, 7) is 2.61. The van der Waals surface area contributed by atoms with Gasteiger partial charge in [0.25, 0.3) is 0 Å². The van der Waals surface area contributed by atoms with Gasteiger partial charge in [0, 0.05) is 31.2 Å². The summed E-state index contributed by atoms with van der Waals surface area (Å²) in [7, 11) is -3.53. The van der Waals surface area contributed by atoms with Crippen molar-refractivity contribution in [3.63, 3.8) is 0 Å². The van der Waals surface area contributed by atoms with Crippen LogP contribution in [0.15, 0.2) is 29.2 Å². The number of nitrogens with two attached hydrogens (primary N) is 1. The third-order valence-electron chi connectivity index (χ3n) is 3.91. The molecule has 1 aliphatic heterocycles. The summed E-state index contributed by atoms with van der Waals surface area (Å²) in [6, 6.07) is 6.16. The minimum absolute atomic E-state index is 0.102. The summed E-state index contributed by atoms with van der Waals surface area (Å²) >= 11 is 0. The van der Waals surface area contributed by atoms with Crippen LogP contribution in [0.4, 0.5) is 5.69 Å². The molecule has 1 aliphatic rings. The Morgan fingerprint density at radius 3 is 2.59 bits per heavy atom. The molecule has 1 fully saturated rings. The number of hydrogen-bond acceptors (Lipinski definition) is 4. The van der Waals surface area contributed by atoms with Gasteiger partial charge >= 0.3 is 0 Å². The van der Waals surface area contributed by atoms with Crippen molar-refractivity contribution >= 4 is 21.6 Å². The predicted molar refractivity (Wildman–Crippen MR) is 85.9 cm³/mol. The van der Waals surface area contributed by atoms with E-state index in [0.717, 1.165) is 19.3 Å². The number of rotatable bonds is 5. The molecule has 1 heterocycles. The molecule has 2 rings (SSSR count). The van der Waals surface area contributed by atoms with Crippen LogP contribution in [0.1, 0.15) is 32.6 Å². The highest BCUT2D eigenvalue weighted by atomic mass is 32.2. The molecule has 6 nitrogen and oxygen atoms in total. The zero-order valence-corrected chi connectivity index (χ0v) is 13.6. The second kappa shape index (κ2) is 7.21. The summed E-state index contributed by atoms with van der Waals surface area (Å²) in [5.74, 6) is -0.102. The number of benzene rings is 1. The van der Waals surface area contributed by atoms with Crippen LogP contribution in [0, 0.1) is 0 Å². The van der Waals surface area contributed by atoms with E-state index in [9.17, 15) is 13.2 Å². The summed E-state index contributed by atoms with van der Waals surface area (Å²) in [5.41, 5.74) is 6.31. The lowest BCUT2D eigenvalue weighted by atomic mass is 10.1. The molecule has 122 valence electrons. The third-order valence-corrected chi connectivity index (χ3v) is 5.88. The van der Waals surface area contributed by atoms with Gasteiger partial charge in [0.2, 0.25) is 15.9 Å². The number of carbonyl (C=O) groups excluding carboxylic acids is 1. The second-order valence-electron chi connectivity index (χ2n) is 5.43. The Labute approximate surface area is 131 Å². The van der Waals surface area contributed by atoms with Crippen LogP contribution in [0.3, 0.4) is 0 Å². The van der Waals surface area contributed by atoms with E-state index >= 15 is 0 Å². The molecule has 0 aromatic heterocycles. The van der Waals surface area contributed by atoms with Gasteiger partial charge in [-0.3, -0.25) is 4.79 Å². The Morgan fingerprint density at radius 1 is 1.32 bits per heavy atom. The highest BCUT2D eigenvalue weighted by Crippen LogP contribution is 2.25. The molecule has 3 N–H and O–H groups in total. The van der Waals surface area contributed by atoms with E-state index in [1.165, 1.54) is 16.4 Å². The number of piperidine rings is 1. The SMILES string of the molecule is CCC(=O)Nc1ccc(S(=O)(=O)N2CCCCC2CN)cc1. The first-order valence-corrected chi connectivity index (χ1v) is 9.05. The van der Waals surface area contributed by atoms with Crippen molar-refractivity contribution < 1.29 is 13.2 Å². The van der Waals surface area contributed by atoms with Gasteiger partial charge in [-0.15, -0.1) is 0 Å². The van der Waals surface area contributed by atoms with Crippen LogP contribution in [0.2, 0.25) is 0 Å². The number of hydrogen-bond donors (Lipinski definition) is 2. The monoisotopic (exact) mass is 325 g/mol. The van der Waals surface area contributed by atoms with Crippen LogP contribution in [-0.4, -0.2) is 37.8 Å². The van der Waals surface area contributed by atoms with E-state index in [4.69, 9.17) is 5.73 Å². The molecule has 1 amide bonds. The molecule has 0 saturated carbocycles. The second-order valence-corrected chi connectivity index (χ2v) is 7.32. The predicted octanol–water partition coefficient (Wildman–Crippen LogP) is 1.54. The van der Waals surface area contributed by atoms with Gasteiger partial charge in [0.15, 0.2) is 0 Å². The molecule has 0 spiro atoms. The number of sulfonamides is 1.